The van der Waals surface area contributed by atoms with E-state index in [2.05, 4.69) is 5.32 Å². The van der Waals surface area contributed by atoms with Crippen LogP contribution in [0.1, 0.15) is 50.6 Å². The summed E-state index contributed by atoms with van der Waals surface area (Å²) in [6, 6.07) is 4.98. The molecule has 0 atom stereocenters. The van der Waals surface area contributed by atoms with Crippen molar-refractivity contribution in [1.29, 1.82) is 0 Å². The molecule has 2 aromatic rings. The van der Waals surface area contributed by atoms with E-state index in [4.69, 9.17) is 9.47 Å². The summed E-state index contributed by atoms with van der Waals surface area (Å²) < 4.78 is 10.7. The number of esters is 1. The molecule has 0 aliphatic carbocycles. The molecule has 1 amide bonds. The molecule has 7 heteroatoms. The first-order valence-corrected chi connectivity index (χ1v) is 8.78. The molecule has 0 saturated heterocycles. The largest absolute Gasteiger partial charge is 0.496 e. The predicted octanol–water partition coefficient (Wildman–Crippen LogP) is 3.89. The number of ether oxygens (including phenoxy) is 2. The highest BCUT2D eigenvalue weighted by Gasteiger charge is 2.22. The number of thiophene rings is 1. The third-order valence-corrected chi connectivity index (χ3v) is 5.05. The summed E-state index contributed by atoms with van der Waals surface area (Å²) in [6.45, 7) is 6.50. The van der Waals surface area contributed by atoms with Gasteiger partial charge in [-0.3, -0.25) is 9.59 Å². The lowest BCUT2D eigenvalue weighted by Gasteiger charge is -2.11. The summed E-state index contributed by atoms with van der Waals surface area (Å²) in [5.74, 6) is -0.345. The van der Waals surface area contributed by atoms with Gasteiger partial charge in [-0.15, -0.1) is 11.3 Å². The van der Waals surface area contributed by atoms with E-state index in [0.29, 0.717) is 27.4 Å². The second-order valence-electron chi connectivity index (χ2n) is 5.83. The summed E-state index contributed by atoms with van der Waals surface area (Å²) in [5.41, 5.74) is 2.23. The number of rotatable bonds is 6. The van der Waals surface area contributed by atoms with Gasteiger partial charge in [-0.1, -0.05) is 0 Å². The van der Waals surface area contributed by atoms with Crippen molar-refractivity contribution in [2.45, 2.75) is 34.3 Å². The maximum Gasteiger partial charge on any atom is 0.341 e. The molecule has 0 fully saturated rings. The number of hydrogen-bond acceptors (Lipinski definition) is 6. The number of nitrogens with one attached hydrogen (secondary N) is 1. The normalized spacial score (nSPS) is 10.3. The Bertz CT molecular complexity index is 869. The van der Waals surface area contributed by atoms with Crippen LogP contribution in [0.2, 0.25) is 0 Å². The average molecular weight is 375 g/mol. The molecule has 1 heterocycles. The third-order valence-electron chi connectivity index (χ3n) is 3.92. The minimum absolute atomic E-state index is 0.0447. The molecule has 1 N–H and O–H groups in total. The highest BCUT2D eigenvalue weighted by atomic mass is 32.1. The Morgan fingerprint density at radius 2 is 1.85 bits per heavy atom. The van der Waals surface area contributed by atoms with Gasteiger partial charge in [0.05, 0.1) is 12.7 Å². The number of anilines is 1. The fourth-order valence-corrected chi connectivity index (χ4v) is 3.54. The van der Waals surface area contributed by atoms with Crippen molar-refractivity contribution in [3.05, 3.63) is 45.3 Å². The van der Waals surface area contributed by atoms with Crippen LogP contribution in [0.4, 0.5) is 5.00 Å². The molecular formula is C19H21NO5S. The van der Waals surface area contributed by atoms with Gasteiger partial charge in [0.25, 0.3) is 0 Å². The minimum atomic E-state index is -0.536. The molecule has 0 saturated carbocycles. The molecule has 0 spiro atoms. The van der Waals surface area contributed by atoms with Crippen molar-refractivity contribution < 1.29 is 23.9 Å². The third kappa shape index (κ3) is 4.29. The zero-order valence-electron chi connectivity index (χ0n) is 15.4. The van der Waals surface area contributed by atoms with Gasteiger partial charge in [0.2, 0.25) is 5.91 Å². The van der Waals surface area contributed by atoms with Crippen molar-refractivity contribution in [3.8, 4) is 5.75 Å². The monoisotopic (exact) mass is 375 g/mol. The first-order valence-electron chi connectivity index (χ1n) is 7.97. The molecular weight excluding hydrogens is 354 g/mol. The Kier molecular flexibility index (Phi) is 6.15. The maximum atomic E-state index is 12.6. The highest BCUT2D eigenvalue weighted by molar-refractivity contribution is 7.16. The molecule has 0 unspecified atom stereocenters. The maximum absolute atomic E-state index is 12.6. The lowest BCUT2D eigenvalue weighted by molar-refractivity contribution is -0.114. The number of carbonyl (C=O) groups excluding carboxylic acids is 3. The Hall–Kier alpha value is -2.67. The molecule has 0 aliphatic rings. The van der Waals surface area contributed by atoms with E-state index < -0.39 is 5.97 Å². The van der Waals surface area contributed by atoms with Crippen LogP contribution in [0.15, 0.2) is 18.2 Å². The SMILES string of the molecule is COc1ccc(C(C)=O)cc1COC(=O)c1c(NC(C)=O)sc(C)c1C. The molecule has 1 aromatic carbocycles. The van der Waals surface area contributed by atoms with Crippen molar-refractivity contribution in [2.75, 3.05) is 12.4 Å². The number of benzene rings is 1. The van der Waals surface area contributed by atoms with Crippen LogP contribution in [-0.4, -0.2) is 24.8 Å². The molecule has 2 rings (SSSR count). The van der Waals surface area contributed by atoms with E-state index >= 15 is 0 Å². The van der Waals surface area contributed by atoms with Crippen LogP contribution in [0, 0.1) is 13.8 Å². The lowest BCUT2D eigenvalue weighted by atomic mass is 10.1. The van der Waals surface area contributed by atoms with E-state index in [1.54, 1.807) is 18.2 Å². The standard InChI is InChI=1S/C19H21NO5S/c1-10-12(3)26-18(20-13(4)22)17(10)19(23)25-9-15-8-14(11(2)21)6-7-16(15)24-5/h6-8H,9H2,1-5H3,(H,20,22). The number of amides is 1. The van der Waals surface area contributed by atoms with Crippen molar-refractivity contribution >= 4 is 34.0 Å². The number of Topliss-reactive ketones (excluding diaryl/α,β-unsaturated/α-hetero) is 1. The molecule has 6 nitrogen and oxygen atoms in total. The summed E-state index contributed by atoms with van der Waals surface area (Å²) in [7, 11) is 1.51. The van der Waals surface area contributed by atoms with E-state index in [1.807, 2.05) is 13.8 Å². The highest BCUT2D eigenvalue weighted by Crippen LogP contribution is 2.33. The fraction of sp³-hybridized carbons (Fsp3) is 0.316. The van der Waals surface area contributed by atoms with Crippen molar-refractivity contribution in [1.82, 2.24) is 0 Å². The van der Waals surface area contributed by atoms with Gasteiger partial charge in [-0.2, -0.15) is 0 Å². The molecule has 0 aliphatic heterocycles. The fourth-order valence-electron chi connectivity index (χ4n) is 2.45. The Morgan fingerprint density at radius 1 is 1.15 bits per heavy atom. The number of methoxy groups -OCH3 is 1. The first kappa shape index (κ1) is 19.7. The quantitative estimate of drug-likeness (QED) is 0.612. The summed E-state index contributed by atoms with van der Waals surface area (Å²) >= 11 is 1.33. The Labute approximate surface area is 156 Å². The number of ketones is 1. The number of carbonyl (C=O) groups is 3. The van der Waals surface area contributed by atoms with Gasteiger partial charge in [0.15, 0.2) is 5.78 Å². The van der Waals surface area contributed by atoms with Gasteiger partial charge in [-0.05, 0) is 44.5 Å². The van der Waals surface area contributed by atoms with Gasteiger partial charge >= 0.3 is 5.97 Å². The summed E-state index contributed by atoms with van der Waals surface area (Å²) in [6.07, 6.45) is 0. The molecule has 0 bridgehead atoms. The van der Waals surface area contributed by atoms with Crippen LogP contribution in [-0.2, 0) is 16.1 Å². The van der Waals surface area contributed by atoms with Crippen molar-refractivity contribution in [2.24, 2.45) is 0 Å². The molecule has 0 radical (unpaired) electrons. The smallest absolute Gasteiger partial charge is 0.341 e. The Morgan fingerprint density at radius 3 is 2.42 bits per heavy atom. The number of hydrogen-bond donors (Lipinski definition) is 1. The van der Waals surface area contributed by atoms with Gasteiger partial charge < -0.3 is 14.8 Å². The zero-order valence-corrected chi connectivity index (χ0v) is 16.2. The summed E-state index contributed by atoms with van der Waals surface area (Å²) in [4.78, 5) is 36.5. The number of aryl methyl sites for hydroxylation is 1. The van der Waals surface area contributed by atoms with Crippen LogP contribution in [0.3, 0.4) is 0 Å². The lowest BCUT2D eigenvalue weighted by Crippen LogP contribution is -2.12. The molecule has 138 valence electrons. The van der Waals surface area contributed by atoms with Crippen LogP contribution in [0.25, 0.3) is 0 Å². The minimum Gasteiger partial charge on any atom is -0.496 e. The second kappa shape index (κ2) is 8.14. The molecule has 26 heavy (non-hydrogen) atoms. The van der Waals surface area contributed by atoms with Gasteiger partial charge in [0.1, 0.15) is 17.4 Å². The van der Waals surface area contributed by atoms with E-state index in [0.717, 1.165) is 10.4 Å². The van der Waals surface area contributed by atoms with E-state index in [9.17, 15) is 14.4 Å². The van der Waals surface area contributed by atoms with E-state index in [1.165, 1.54) is 32.3 Å². The van der Waals surface area contributed by atoms with Crippen LogP contribution in [0.5, 0.6) is 5.75 Å². The van der Waals surface area contributed by atoms with Gasteiger partial charge in [-0.25, -0.2) is 4.79 Å². The van der Waals surface area contributed by atoms with Gasteiger partial charge in [0, 0.05) is 22.9 Å². The predicted molar refractivity (Wildman–Crippen MR) is 100 cm³/mol. The van der Waals surface area contributed by atoms with Crippen molar-refractivity contribution in [3.63, 3.8) is 0 Å². The second-order valence-corrected chi connectivity index (χ2v) is 7.05. The van der Waals surface area contributed by atoms with Crippen LogP contribution < -0.4 is 10.1 Å². The Balaban J connectivity index is 2.25. The first-order chi connectivity index (χ1) is 12.2. The van der Waals surface area contributed by atoms with E-state index in [-0.39, 0.29) is 18.3 Å². The topological polar surface area (TPSA) is 81.7 Å². The molecule has 1 aromatic heterocycles. The average Bonchev–Trinajstić information content (AvgIpc) is 2.85. The summed E-state index contributed by atoms with van der Waals surface area (Å²) in [5, 5.41) is 3.14. The zero-order chi connectivity index (χ0) is 19.4. The van der Waals surface area contributed by atoms with Crippen LogP contribution >= 0.6 is 11.3 Å².